The van der Waals surface area contributed by atoms with Crippen LogP contribution in [-0.2, 0) is 16.6 Å². The highest BCUT2D eigenvalue weighted by atomic mass is 35.5. The van der Waals surface area contributed by atoms with Crippen LogP contribution in [0.15, 0.2) is 28.0 Å². The second-order valence-electron chi connectivity index (χ2n) is 3.59. The SMILES string of the molecule is Cc1cscc1CNS(=O)(=O)c1cnc(Cl)nc1. The van der Waals surface area contributed by atoms with Gasteiger partial charge in [-0.2, -0.15) is 11.3 Å². The number of aryl methyl sites for hydroxylation is 1. The molecule has 0 radical (unpaired) electrons. The van der Waals surface area contributed by atoms with Crippen LogP contribution in [0.25, 0.3) is 0 Å². The fourth-order valence-corrected chi connectivity index (χ4v) is 3.11. The molecule has 18 heavy (non-hydrogen) atoms. The summed E-state index contributed by atoms with van der Waals surface area (Å²) in [5.41, 5.74) is 2.02. The number of halogens is 1. The number of sulfonamides is 1. The molecule has 0 bridgehead atoms. The molecule has 2 rings (SSSR count). The molecule has 2 aromatic rings. The molecule has 2 aromatic heterocycles. The average molecular weight is 304 g/mol. The van der Waals surface area contributed by atoms with Crippen molar-refractivity contribution in [3.63, 3.8) is 0 Å². The molecule has 0 aromatic carbocycles. The molecule has 0 atom stereocenters. The van der Waals surface area contributed by atoms with Crippen molar-refractivity contribution in [2.75, 3.05) is 0 Å². The van der Waals surface area contributed by atoms with E-state index in [2.05, 4.69) is 14.7 Å². The standard InChI is InChI=1S/C10H10ClN3O2S2/c1-7-5-17-6-8(7)2-14-18(15,16)9-3-12-10(11)13-4-9/h3-6,14H,2H2,1H3. The molecule has 0 aliphatic carbocycles. The number of hydrogen-bond donors (Lipinski definition) is 1. The lowest BCUT2D eigenvalue weighted by Crippen LogP contribution is -2.23. The van der Waals surface area contributed by atoms with E-state index in [1.54, 1.807) is 0 Å². The topological polar surface area (TPSA) is 72.0 Å². The molecule has 0 spiro atoms. The minimum atomic E-state index is -3.60. The number of hydrogen-bond acceptors (Lipinski definition) is 5. The average Bonchev–Trinajstić information content (AvgIpc) is 2.73. The second-order valence-corrected chi connectivity index (χ2v) is 6.44. The molecule has 5 nitrogen and oxygen atoms in total. The molecular formula is C10H10ClN3O2S2. The lowest BCUT2D eigenvalue weighted by molar-refractivity contribution is 0.580. The summed E-state index contributed by atoms with van der Waals surface area (Å²) in [6.07, 6.45) is 2.36. The van der Waals surface area contributed by atoms with E-state index in [1.165, 1.54) is 23.7 Å². The molecule has 0 saturated carbocycles. The Bertz CT molecular complexity index is 637. The fourth-order valence-electron chi connectivity index (χ4n) is 1.26. The summed E-state index contributed by atoms with van der Waals surface area (Å²) in [6.45, 7) is 2.19. The Kier molecular flexibility index (Phi) is 3.96. The maximum absolute atomic E-state index is 11.9. The van der Waals surface area contributed by atoms with Crippen molar-refractivity contribution < 1.29 is 8.42 Å². The molecular weight excluding hydrogens is 294 g/mol. The molecule has 0 fully saturated rings. The number of nitrogens with one attached hydrogen (secondary N) is 1. The zero-order valence-corrected chi connectivity index (χ0v) is 11.8. The Morgan fingerprint density at radius 2 is 2.00 bits per heavy atom. The van der Waals surface area contributed by atoms with Crippen molar-refractivity contribution in [2.45, 2.75) is 18.4 Å². The normalized spacial score (nSPS) is 11.7. The van der Waals surface area contributed by atoms with E-state index < -0.39 is 10.0 Å². The highest BCUT2D eigenvalue weighted by Crippen LogP contribution is 2.14. The van der Waals surface area contributed by atoms with Crippen molar-refractivity contribution in [3.05, 3.63) is 39.6 Å². The third kappa shape index (κ3) is 3.05. The molecule has 0 aliphatic heterocycles. The molecule has 0 saturated heterocycles. The minimum Gasteiger partial charge on any atom is -0.225 e. The minimum absolute atomic E-state index is 0.000201. The van der Waals surface area contributed by atoms with Crippen LogP contribution < -0.4 is 4.72 Å². The fraction of sp³-hybridized carbons (Fsp3) is 0.200. The predicted octanol–water partition coefficient (Wildman–Crippen LogP) is 1.98. The number of nitrogens with zero attached hydrogens (tertiary/aromatic N) is 2. The summed E-state index contributed by atoms with van der Waals surface area (Å²) in [5, 5.41) is 3.90. The van der Waals surface area contributed by atoms with Crippen molar-refractivity contribution in [3.8, 4) is 0 Å². The van der Waals surface area contributed by atoms with Gasteiger partial charge in [0.15, 0.2) is 0 Å². The summed E-state index contributed by atoms with van der Waals surface area (Å²) >= 11 is 7.04. The summed E-state index contributed by atoms with van der Waals surface area (Å²) < 4.78 is 26.3. The third-order valence-corrected chi connectivity index (χ3v) is 4.78. The number of aromatic nitrogens is 2. The summed E-state index contributed by atoms with van der Waals surface area (Å²) in [6, 6.07) is 0. The maximum Gasteiger partial charge on any atom is 0.243 e. The molecule has 0 unspecified atom stereocenters. The van der Waals surface area contributed by atoms with Crippen molar-refractivity contribution in [2.24, 2.45) is 0 Å². The zero-order chi connectivity index (χ0) is 13.2. The lowest BCUT2D eigenvalue weighted by Gasteiger charge is -2.05. The highest BCUT2D eigenvalue weighted by Gasteiger charge is 2.15. The Hall–Kier alpha value is -1.02. The van der Waals surface area contributed by atoms with Gasteiger partial charge >= 0.3 is 0 Å². The van der Waals surface area contributed by atoms with Gasteiger partial charge in [0, 0.05) is 6.54 Å². The largest absolute Gasteiger partial charge is 0.243 e. The smallest absolute Gasteiger partial charge is 0.225 e. The quantitative estimate of drug-likeness (QED) is 0.877. The van der Waals surface area contributed by atoms with Crippen LogP contribution in [0.5, 0.6) is 0 Å². The van der Waals surface area contributed by atoms with Crippen molar-refractivity contribution in [1.82, 2.24) is 14.7 Å². The molecule has 2 heterocycles. The first-order valence-electron chi connectivity index (χ1n) is 4.98. The second kappa shape index (κ2) is 5.31. The van der Waals surface area contributed by atoms with Gasteiger partial charge in [-0.25, -0.2) is 23.1 Å². The summed E-state index contributed by atoms with van der Waals surface area (Å²) in [5.74, 6) is 0. The summed E-state index contributed by atoms with van der Waals surface area (Å²) in [4.78, 5) is 7.29. The van der Waals surface area contributed by atoms with E-state index >= 15 is 0 Å². The van der Waals surface area contributed by atoms with Gasteiger partial charge in [0.25, 0.3) is 0 Å². The van der Waals surface area contributed by atoms with Crippen LogP contribution in [0.3, 0.4) is 0 Å². The molecule has 0 aliphatic rings. The van der Waals surface area contributed by atoms with Gasteiger partial charge in [-0.3, -0.25) is 0 Å². The predicted molar refractivity (Wildman–Crippen MR) is 70.1 cm³/mol. The number of thiophene rings is 1. The van der Waals surface area contributed by atoms with Crippen LogP contribution in [0.4, 0.5) is 0 Å². The molecule has 0 amide bonds. The van der Waals surface area contributed by atoms with Crippen LogP contribution >= 0.6 is 22.9 Å². The van der Waals surface area contributed by atoms with Crippen LogP contribution in [0.2, 0.25) is 5.28 Å². The van der Waals surface area contributed by atoms with Gasteiger partial charge in [0.1, 0.15) is 4.90 Å². The van der Waals surface area contributed by atoms with Crippen LogP contribution in [0, 0.1) is 6.92 Å². The van der Waals surface area contributed by atoms with E-state index in [0.717, 1.165) is 11.1 Å². The Morgan fingerprint density at radius 1 is 1.33 bits per heavy atom. The van der Waals surface area contributed by atoms with E-state index in [1.807, 2.05) is 17.7 Å². The first-order chi connectivity index (χ1) is 8.49. The molecule has 8 heteroatoms. The van der Waals surface area contributed by atoms with Gasteiger partial charge < -0.3 is 0 Å². The third-order valence-electron chi connectivity index (χ3n) is 2.32. The van der Waals surface area contributed by atoms with Crippen LogP contribution in [-0.4, -0.2) is 18.4 Å². The first-order valence-corrected chi connectivity index (χ1v) is 7.78. The number of rotatable bonds is 4. The van der Waals surface area contributed by atoms with Crippen LogP contribution in [0.1, 0.15) is 11.1 Å². The Balaban J connectivity index is 2.13. The monoisotopic (exact) mass is 303 g/mol. The van der Waals surface area contributed by atoms with Gasteiger partial charge in [-0.05, 0) is 40.4 Å². The van der Waals surface area contributed by atoms with E-state index in [0.29, 0.717) is 0 Å². The van der Waals surface area contributed by atoms with E-state index in [-0.39, 0.29) is 16.7 Å². The van der Waals surface area contributed by atoms with Gasteiger partial charge in [0.2, 0.25) is 15.3 Å². The van der Waals surface area contributed by atoms with E-state index in [9.17, 15) is 8.42 Å². The lowest BCUT2D eigenvalue weighted by atomic mass is 10.2. The maximum atomic E-state index is 11.9. The van der Waals surface area contributed by atoms with Crippen molar-refractivity contribution >= 4 is 33.0 Å². The van der Waals surface area contributed by atoms with Gasteiger partial charge in [-0.15, -0.1) is 0 Å². The van der Waals surface area contributed by atoms with Gasteiger partial charge in [-0.1, -0.05) is 0 Å². The molecule has 1 N–H and O–H groups in total. The molecule has 96 valence electrons. The Morgan fingerprint density at radius 3 is 2.56 bits per heavy atom. The Labute approximate surface area is 114 Å². The van der Waals surface area contributed by atoms with Crippen molar-refractivity contribution in [1.29, 1.82) is 0 Å². The first kappa shape index (κ1) is 13.4. The van der Waals surface area contributed by atoms with Gasteiger partial charge in [0.05, 0.1) is 12.4 Å². The van der Waals surface area contributed by atoms with E-state index in [4.69, 9.17) is 11.6 Å². The zero-order valence-electron chi connectivity index (χ0n) is 9.42. The highest BCUT2D eigenvalue weighted by molar-refractivity contribution is 7.89. The summed E-state index contributed by atoms with van der Waals surface area (Å²) in [7, 11) is -3.60.